The predicted octanol–water partition coefficient (Wildman–Crippen LogP) is 2.88. The number of hydrogen-bond donors (Lipinski definition) is 0. The number of benzene rings is 1. The van der Waals surface area contributed by atoms with Crippen molar-refractivity contribution in [1.82, 2.24) is 14.9 Å². The van der Waals surface area contributed by atoms with Gasteiger partial charge in [-0.1, -0.05) is 18.2 Å². The summed E-state index contributed by atoms with van der Waals surface area (Å²) in [4.78, 5) is 16.3. The third kappa shape index (κ3) is 3.45. The fourth-order valence-corrected chi connectivity index (χ4v) is 3.54. The Balaban J connectivity index is 1.50. The van der Waals surface area contributed by atoms with Crippen LogP contribution in [0.2, 0.25) is 0 Å². The first-order chi connectivity index (χ1) is 12.3. The van der Waals surface area contributed by atoms with Crippen LogP contribution < -0.4 is 0 Å². The van der Waals surface area contributed by atoms with Crippen molar-refractivity contribution in [2.45, 2.75) is 38.8 Å². The van der Waals surface area contributed by atoms with E-state index in [0.717, 1.165) is 67.4 Å². The second-order valence-corrected chi connectivity index (χ2v) is 6.68. The van der Waals surface area contributed by atoms with E-state index < -0.39 is 0 Å². The van der Waals surface area contributed by atoms with Gasteiger partial charge in [0.05, 0.1) is 23.0 Å². The summed E-state index contributed by atoms with van der Waals surface area (Å²) in [7, 11) is 0. The third-order valence-corrected chi connectivity index (χ3v) is 4.93. The molecule has 0 saturated heterocycles. The van der Waals surface area contributed by atoms with Gasteiger partial charge in [-0.25, -0.2) is 9.97 Å². The summed E-state index contributed by atoms with van der Waals surface area (Å²) >= 11 is 0. The molecule has 0 bridgehead atoms. The third-order valence-electron chi connectivity index (χ3n) is 4.93. The zero-order valence-electron chi connectivity index (χ0n) is 14.3. The van der Waals surface area contributed by atoms with Crippen LogP contribution in [0, 0.1) is 11.3 Å². The van der Waals surface area contributed by atoms with Crippen molar-refractivity contribution in [2.75, 3.05) is 13.1 Å². The lowest BCUT2D eigenvalue weighted by atomic mass is 10.0. The van der Waals surface area contributed by atoms with Crippen LogP contribution in [0.15, 0.2) is 35.5 Å². The lowest BCUT2D eigenvalue weighted by molar-refractivity contribution is 0.242. The Morgan fingerprint density at radius 1 is 1.16 bits per heavy atom. The average Bonchev–Trinajstić information content (AvgIpc) is 2.68. The molecule has 0 N–H and O–H groups in total. The zero-order chi connectivity index (χ0) is 17.1. The first-order valence-corrected chi connectivity index (χ1v) is 8.92. The molecule has 2 aliphatic heterocycles. The number of nitriles is 1. The molecule has 3 heterocycles. The molecule has 5 nitrogen and oxygen atoms in total. The molecule has 4 rings (SSSR count). The van der Waals surface area contributed by atoms with Crippen LogP contribution in [0.25, 0.3) is 0 Å². The van der Waals surface area contributed by atoms with Crippen LogP contribution in [0.3, 0.4) is 0 Å². The van der Waals surface area contributed by atoms with Crippen molar-refractivity contribution in [3.63, 3.8) is 0 Å². The van der Waals surface area contributed by atoms with E-state index in [-0.39, 0.29) is 0 Å². The molecule has 2 aromatic rings. The standard InChI is InChI=1S/C20H21N5/c21-11-15-5-1-2-6-16(15)13-25-10-8-18-17(14-25)12-23-20(24-18)19-7-3-4-9-22-19/h1-2,5-6,12H,3-4,7-10,13-14H2. The van der Waals surface area contributed by atoms with Gasteiger partial charge in [-0.15, -0.1) is 0 Å². The lowest BCUT2D eigenvalue weighted by Crippen LogP contribution is -2.31. The topological polar surface area (TPSA) is 65.2 Å². The minimum Gasteiger partial charge on any atom is -0.294 e. The molecule has 1 aromatic carbocycles. The molecule has 0 spiro atoms. The first-order valence-electron chi connectivity index (χ1n) is 8.92. The molecule has 0 fully saturated rings. The molecule has 0 unspecified atom stereocenters. The smallest absolute Gasteiger partial charge is 0.173 e. The van der Waals surface area contributed by atoms with Crippen molar-refractivity contribution >= 4 is 5.71 Å². The van der Waals surface area contributed by atoms with E-state index in [1.165, 1.54) is 18.4 Å². The normalized spacial score (nSPS) is 17.5. The van der Waals surface area contributed by atoms with Gasteiger partial charge in [0.2, 0.25) is 0 Å². The van der Waals surface area contributed by atoms with Gasteiger partial charge >= 0.3 is 0 Å². The van der Waals surface area contributed by atoms with Gasteiger partial charge in [-0.2, -0.15) is 5.26 Å². The molecule has 0 saturated carbocycles. The number of aliphatic imine (C=N–C) groups is 1. The Hall–Kier alpha value is -2.58. The fraction of sp³-hybridized carbons (Fsp3) is 0.400. The van der Waals surface area contributed by atoms with Crippen molar-refractivity contribution in [2.24, 2.45) is 4.99 Å². The Kier molecular flexibility index (Phi) is 4.53. The maximum absolute atomic E-state index is 9.26. The summed E-state index contributed by atoms with van der Waals surface area (Å²) in [5.41, 5.74) is 5.26. The number of rotatable bonds is 3. The Morgan fingerprint density at radius 2 is 2.08 bits per heavy atom. The molecule has 0 amide bonds. The Bertz CT molecular complexity index is 849. The van der Waals surface area contributed by atoms with Crippen LogP contribution in [-0.2, 0) is 19.5 Å². The molecule has 25 heavy (non-hydrogen) atoms. The summed E-state index contributed by atoms with van der Waals surface area (Å²) in [5, 5.41) is 9.26. The van der Waals surface area contributed by atoms with E-state index in [2.05, 4.69) is 20.9 Å². The van der Waals surface area contributed by atoms with Gasteiger partial charge in [0.1, 0.15) is 0 Å². The molecule has 126 valence electrons. The minimum atomic E-state index is 0.759. The van der Waals surface area contributed by atoms with Crippen molar-refractivity contribution < 1.29 is 0 Å². The number of nitrogens with zero attached hydrogens (tertiary/aromatic N) is 5. The van der Waals surface area contributed by atoms with Crippen LogP contribution in [0.4, 0.5) is 0 Å². The van der Waals surface area contributed by atoms with Gasteiger partial charge in [-0.3, -0.25) is 9.89 Å². The second-order valence-electron chi connectivity index (χ2n) is 6.68. The van der Waals surface area contributed by atoms with Crippen LogP contribution >= 0.6 is 0 Å². The minimum absolute atomic E-state index is 0.759. The van der Waals surface area contributed by atoms with Crippen LogP contribution in [-0.4, -0.2) is 33.7 Å². The van der Waals surface area contributed by atoms with E-state index in [9.17, 15) is 5.26 Å². The van der Waals surface area contributed by atoms with Gasteiger partial charge in [0, 0.05) is 44.4 Å². The summed E-state index contributed by atoms with van der Waals surface area (Å²) in [6.45, 7) is 3.48. The highest BCUT2D eigenvalue weighted by Crippen LogP contribution is 2.21. The molecule has 0 atom stereocenters. The number of aromatic nitrogens is 2. The van der Waals surface area contributed by atoms with E-state index in [1.807, 2.05) is 30.5 Å². The zero-order valence-corrected chi connectivity index (χ0v) is 14.3. The first kappa shape index (κ1) is 15.9. The molecule has 2 aliphatic rings. The van der Waals surface area contributed by atoms with Gasteiger partial charge < -0.3 is 0 Å². The molecular weight excluding hydrogens is 310 g/mol. The van der Waals surface area contributed by atoms with Gasteiger partial charge in [0.25, 0.3) is 0 Å². The van der Waals surface area contributed by atoms with Gasteiger partial charge in [-0.05, 0) is 30.9 Å². The van der Waals surface area contributed by atoms with Crippen molar-refractivity contribution in [3.8, 4) is 6.07 Å². The summed E-state index contributed by atoms with van der Waals surface area (Å²) < 4.78 is 0. The SMILES string of the molecule is N#Cc1ccccc1CN1CCc2nc(C3=NCCCC3)ncc2C1. The van der Waals surface area contributed by atoms with E-state index in [0.29, 0.717) is 0 Å². The van der Waals surface area contributed by atoms with Gasteiger partial charge in [0.15, 0.2) is 5.82 Å². The average molecular weight is 331 g/mol. The van der Waals surface area contributed by atoms with Crippen LogP contribution in [0.1, 0.15) is 47.5 Å². The Labute approximate surface area is 148 Å². The van der Waals surface area contributed by atoms with Crippen LogP contribution in [0.5, 0.6) is 0 Å². The van der Waals surface area contributed by atoms with E-state index >= 15 is 0 Å². The fourth-order valence-electron chi connectivity index (χ4n) is 3.54. The summed E-state index contributed by atoms with van der Waals surface area (Å²) in [6.07, 6.45) is 6.25. The monoisotopic (exact) mass is 331 g/mol. The quantitative estimate of drug-likeness (QED) is 0.867. The second kappa shape index (κ2) is 7.12. The van der Waals surface area contributed by atoms with E-state index in [1.54, 1.807) is 0 Å². The largest absolute Gasteiger partial charge is 0.294 e. The molecule has 0 radical (unpaired) electrons. The summed E-state index contributed by atoms with van der Waals surface area (Å²) in [5.74, 6) is 0.821. The maximum atomic E-state index is 9.26. The molecular formula is C20H21N5. The Morgan fingerprint density at radius 3 is 2.92 bits per heavy atom. The number of fused-ring (bicyclic) bond motifs is 1. The van der Waals surface area contributed by atoms with Crippen molar-refractivity contribution in [3.05, 3.63) is 58.7 Å². The maximum Gasteiger partial charge on any atom is 0.173 e. The molecule has 5 heteroatoms. The highest BCUT2D eigenvalue weighted by molar-refractivity contribution is 5.97. The van der Waals surface area contributed by atoms with E-state index in [4.69, 9.17) is 4.98 Å². The molecule has 1 aromatic heterocycles. The highest BCUT2D eigenvalue weighted by Gasteiger charge is 2.20. The number of hydrogen-bond acceptors (Lipinski definition) is 5. The lowest BCUT2D eigenvalue weighted by Gasteiger charge is -2.28. The summed E-state index contributed by atoms with van der Waals surface area (Å²) in [6, 6.07) is 10.1. The highest BCUT2D eigenvalue weighted by atomic mass is 15.1. The van der Waals surface area contributed by atoms with Crippen molar-refractivity contribution in [1.29, 1.82) is 5.26 Å². The predicted molar refractivity (Wildman–Crippen MR) is 96.3 cm³/mol. The molecule has 0 aliphatic carbocycles.